The highest BCUT2D eigenvalue weighted by Crippen LogP contribution is 2.25. The van der Waals surface area contributed by atoms with Crippen LogP contribution in [0.5, 0.6) is 0 Å². The third-order valence-corrected chi connectivity index (χ3v) is 2.27. The Morgan fingerprint density at radius 3 is 2.82 bits per heavy atom. The molecule has 17 heavy (non-hydrogen) atoms. The normalized spacial score (nSPS) is 10.8. The molecule has 0 radical (unpaired) electrons. The zero-order valence-electron chi connectivity index (χ0n) is 10.3. The van der Waals surface area contributed by atoms with Gasteiger partial charge >= 0.3 is 0 Å². The van der Waals surface area contributed by atoms with E-state index < -0.39 is 0 Å². The van der Waals surface area contributed by atoms with Gasteiger partial charge in [-0.3, -0.25) is 0 Å². The molecule has 1 rings (SSSR count). The first-order valence-corrected chi connectivity index (χ1v) is 5.69. The van der Waals surface area contributed by atoms with E-state index in [-0.39, 0.29) is 12.5 Å². The van der Waals surface area contributed by atoms with E-state index in [1.807, 2.05) is 13.8 Å². The van der Waals surface area contributed by atoms with Crippen molar-refractivity contribution in [2.75, 3.05) is 37.4 Å². The standard InChI is InChI=1S/C11H20N4O2/c1-8(2)9-10(12)14-7-15-11(9)13-3-5-17-6-4-16/h7-8,16H,3-6H2,1-2H3,(H3,12,13,14,15). The molecule has 0 atom stereocenters. The van der Waals surface area contributed by atoms with Gasteiger partial charge < -0.3 is 20.9 Å². The number of aliphatic hydroxyl groups is 1. The minimum absolute atomic E-state index is 0.0394. The molecule has 0 aliphatic rings. The Hall–Kier alpha value is -1.40. The van der Waals surface area contributed by atoms with Gasteiger partial charge in [-0.25, -0.2) is 9.97 Å². The molecule has 6 heteroatoms. The highest BCUT2D eigenvalue weighted by Gasteiger charge is 2.12. The summed E-state index contributed by atoms with van der Waals surface area (Å²) in [4.78, 5) is 8.15. The number of nitrogen functional groups attached to an aromatic ring is 1. The number of ether oxygens (including phenoxy) is 1. The van der Waals surface area contributed by atoms with Gasteiger partial charge in [0.15, 0.2) is 0 Å². The number of nitrogens with two attached hydrogens (primary N) is 1. The second-order valence-electron chi connectivity index (χ2n) is 3.94. The van der Waals surface area contributed by atoms with Crippen molar-refractivity contribution >= 4 is 11.6 Å². The zero-order chi connectivity index (χ0) is 12.7. The van der Waals surface area contributed by atoms with Crippen molar-refractivity contribution < 1.29 is 9.84 Å². The lowest BCUT2D eigenvalue weighted by atomic mass is 10.0. The summed E-state index contributed by atoms with van der Waals surface area (Å²) >= 11 is 0. The van der Waals surface area contributed by atoms with Gasteiger partial charge in [-0.05, 0) is 5.92 Å². The SMILES string of the molecule is CC(C)c1c(N)ncnc1NCCOCCO. The fourth-order valence-corrected chi connectivity index (χ4v) is 1.53. The third-order valence-electron chi connectivity index (χ3n) is 2.27. The molecular weight excluding hydrogens is 220 g/mol. The molecule has 6 nitrogen and oxygen atoms in total. The second-order valence-corrected chi connectivity index (χ2v) is 3.94. The Morgan fingerprint density at radius 2 is 2.18 bits per heavy atom. The van der Waals surface area contributed by atoms with Crippen LogP contribution in [0.25, 0.3) is 0 Å². The number of nitrogens with one attached hydrogen (secondary N) is 1. The highest BCUT2D eigenvalue weighted by atomic mass is 16.5. The number of hydrogen-bond acceptors (Lipinski definition) is 6. The molecule has 96 valence electrons. The minimum atomic E-state index is 0.0394. The van der Waals surface area contributed by atoms with Crippen LogP contribution in [0.1, 0.15) is 25.3 Å². The smallest absolute Gasteiger partial charge is 0.135 e. The Balaban J connectivity index is 2.55. The molecule has 0 aliphatic carbocycles. The molecule has 0 bridgehead atoms. The van der Waals surface area contributed by atoms with Gasteiger partial charge in [-0.2, -0.15) is 0 Å². The number of aliphatic hydroxyl groups excluding tert-OH is 1. The van der Waals surface area contributed by atoms with E-state index in [9.17, 15) is 0 Å². The molecule has 4 N–H and O–H groups in total. The molecule has 0 amide bonds. The van der Waals surface area contributed by atoms with E-state index in [1.54, 1.807) is 0 Å². The van der Waals surface area contributed by atoms with E-state index in [4.69, 9.17) is 15.6 Å². The summed E-state index contributed by atoms with van der Waals surface area (Å²) in [5.41, 5.74) is 6.74. The van der Waals surface area contributed by atoms with Crippen LogP contribution < -0.4 is 11.1 Å². The fourth-order valence-electron chi connectivity index (χ4n) is 1.53. The lowest BCUT2D eigenvalue weighted by molar-refractivity contribution is 0.0992. The van der Waals surface area contributed by atoms with Crippen molar-refractivity contribution in [3.63, 3.8) is 0 Å². The Labute approximate surface area is 101 Å². The average molecular weight is 240 g/mol. The van der Waals surface area contributed by atoms with Gasteiger partial charge in [0.25, 0.3) is 0 Å². The van der Waals surface area contributed by atoms with Crippen LogP contribution >= 0.6 is 0 Å². The van der Waals surface area contributed by atoms with Crippen molar-refractivity contribution in [3.05, 3.63) is 11.9 Å². The number of rotatable bonds is 7. The Morgan fingerprint density at radius 1 is 1.41 bits per heavy atom. The number of nitrogens with zero attached hydrogens (tertiary/aromatic N) is 2. The van der Waals surface area contributed by atoms with Crippen LogP contribution in [0.3, 0.4) is 0 Å². The lowest BCUT2D eigenvalue weighted by Crippen LogP contribution is -2.15. The maximum Gasteiger partial charge on any atom is 0.135 e. The van der Waals surface area contributed by atoms with Gasteiger partial charge in [-0.1, -0.05) is 13.8 Å². The topological polar surface area (TPSA) is 93.3 Å². The molecule has 0 unspecified atom stereocenters. The third kappa shape index (κ3) is 4.16. The van der Waals surface area contributed by atoms with Crippen molar-refractivity contribution in [2.45, 2.75) is 19.8 Å². The first kappa shape index (κ1) is 13.7. The summed E-state index contributed by atoms with van der Waals surface area (Å²) in [7, 11) is 0. The van der Waals surface area contributed by atoms with Gasteiger partial charge in [0, 0.05) is 12.1 Å². The van der Waals surface area contributed by atoms with Gasteiger partial charge in [0.1, 0.15) is 18.0 Å². The number of hydrogen-bond donors (Lipinski definition) is 3. The van der Waals surface area contributed by atoms with Gasteiger partial charge in [-0.15, -0.1) is 0 Å². The quantitative estimate of drug-likeness (QED) is 0.604. The average Bonchev–Trinajstić information content (AvgIpc) is 2.28. The fraction of sp³-hybridized carbons (Fsp3) is 0.636. The summed E-state index contributed by atoms with van der Waals surface area (Å²) in [5.74, 6) is 1.52. The molecule has 0 fully saturated rings. The zero-order valence-corrected chi connectivity index (χ0v) is 10.3. The minimum Gasteiger partial charge on any atom is -0.394 e. The van der Waals surface area contributed by atoms with Crippen LogP contribution in [-0.4, -0.2) is 41.4 Å². The van der Waals surface area contributed by atoms with E-state index in [0.29, 0.717) is 25.6 Å². The monoisotopic (exact) mass is 240 g/mol. The highest BCUT2D eigenvalue weighted by molar-refractivity contribution is 5.56. The summed E-state index contributed by atoms with van der Waals surface area (Å²) in [6.07, 6.45) is 1.44. The first-order valence-electron chi connectivity index (χ1n) is 5.69. The molecule has 0 saturated carbocycles. The van der Waals surface area contributed by atoms with E-state index in [1.165, 1.54) is 6.33 Å². The molecular formula is C11H20N4O2. The summed E-state index contributed by atoms with van der Waals surface area (Å²) in [6, 6.07) is 0. The van der Waals surface area contributed by atoms with E-state index in [2.05, 4.69) is 15.3 Å². The maximum atomic E-state index is 8.55. The molecule has 1 heterocycles. The lowest BCUT2D eigenvalue weighted by Gasteiger charge is -2.14. The van der Waals surface area contributed by atoms with Crippen LogP contribution in [0.2, 0.25) is 0 Å². The van der Waals surface area contributed by atoms with Crippen molar-refractivity contribution in [1.29, 1.82) is 0 Å². The maximum absolute atomic E-state index is 8.55. The van der Waals surface area contributed by atoms with Crippen molar-refractivity contribution in [1.82, 2.24) is 9.97 Å². The molecule has 0 aliphatic heterocycles. The van der Waals surface area contributed by atoms with Crippen molar-refractivity contribution in [3.8, 4) is 0 Å². The van der Waals surface area contributed by atoms with Crippen LogP contribution in [0, 0.1) is 0 Å². The van der Waals surface area contributed by atoms with E-state index in [0.717, 1.165) is 11.4 Å². The molecule has 1 aromatic rings. The van der Waals surface area contributed by atoms with Crippen LogP contribution in [0.4, 0.5) is 11.6 Å². The van der Waals surface area contributed by atoms with Gasteiger partial charge in [0.2, 0.25) is 0 Å². The van der Waals surface area contributed by atoms with Crippen LogP contribution in [0.15, 0.2) is 6.33 Å². The second kappa shape index (κ2) is 7.03. The first-order chi connectivity index (χ1) is 8.16. The van der Waals surface area contributed by atoms with Crippen LogP contribution in [-0.2, 0) is 4.74 Å². The Bertz CT molecular complexity index is 344. The van der Waals surface area contributed by atoms with E-state index >= 15 is 0 Å². The molecule has 0 saturated heterocycles. The molecule has 0 aromatic carbocycles. The molecule has 1 aromatic heterocycles. The molecule has 0 spiro atoms. The predicted molar refractivity (Wildman–Crippen MR) is 66.9 cm³/mol. The number of aromatic nitrogens is 2. The van der Waals surface area contributed by atoms with Gasteiger partial charge in [0.05, 0.1) is 19.8 Å². The van der Waals surface area contributed by atoms with Crippen molar-refractivity contribution in [2.24, 2.45) is 0 Å². The number of anilines is 2. The largest absolute Gasteiger partial charge is 0.394 e. The predicted octanol–water partition coefficient (Wildman–Crippen LogP) is 0.603. The summed E-state index contributed by atoms with van der Waals surface area (Å²) < 4.78 is 5.15. The summed E-state index contributed by atoms with van der Waals surface area (Å²) in [5, 5.41) is 11.7. The Kier molecular flexibility index (Phi) is 5.65. The summed E-state index contributed by atoms with van der Waals surface area (Å²) in [6.45, 7) is 5.62.